The first kappa shape index (κ1) is 24.0. The van der Waals surface area contributed by atoms with Crippen LogP contribution in [0.25, 0.3) is 5.57 Å². The van der Waals surface area contributed by atoms with E-state index in [2.05, 4.69) is 68.3 Å². The molecule has 0 atom stereocenters. The average Bonchev–Trinajstić information content (AvgIpc) is 2.72. The number of nitro groups is 1. The Labute approximate surface area is 194 Å². The van der Waals surface area contributed by atoms with Gasteiger partial charge < -0.3 is 9.64 Å². The van der Waals surface area contributed by atoms with E-state index in [0.717, 1.165) is 16.7 Å². The topological polar surface area (TPSA) is 97.1 Å². The second kappa shape index (κ2) is 9.44. The Morgan fingerprint density at radius 1 is 1.27 bits per heavy atom. The lowest BCUT2D eigenvalue weighted by Crippen LogP contribution is -2.49. The van der Waals surface area contributed by atoms with Crippen molar-refractivity contribution in [2.24, 2.45) is 5.10 Å². The molecule has 3 rings (SSSR count). The second-order valence-electron chi connectivity index (χ2n) is 8.98. The summed E-state index contributed by atoms with van der Waals surface area (Å²) in [5, 5.41) is 15.1. The molecule has 33 heavy (non-hydrogen) atoms. The molecule has 174 valence electrons. The number of nitro benzene ring substituents is 1. The zero-order valence-corrected chi connectivity index (χ0v) is 19.9. The van der Waals surface area contributed by atoms with Crippen molar-refractivity contribution in [3.05, 3.63) is 69.3 Å². The maximum absolute atomic E-state index is 12.1. The number of hydrogen-bond acceptors (Lipinski definition) is 6. The molecule has 0 spiro atoms. The van der Waals surface area contributed by atoms with Crippen LogP contribution in [0.2, 0.25) is 0 Å². The number of aryl methyl sites for hydroxylation is 1. The SMILES string of the molecule is CC1=CC(C)(C)N(C(C)C)c2cc(C)c(/C=N\NC(=O)COc3ccccc3[N+](=O)[O-])cc21. The first-order chi connectivity index (χ1) is 15.5. The third-order valence-electron chi connectivity index (χ3n) is 5.59. The van der Waals surface area contributed by atoms with Crippen molar-refractivity contribution in [2.75, 3.05) is 11.5 Å². The Morgan fingerprint density at radius 2 is 1.97 bits per heavy atom. The minimum absolute atomic E-state index is 0.0343. The maximum Gasteiger partial charge on any atom is 0.310 e. The van der Waals surface area contributed by atoms with E-state index in [-0.39, 0.29) is 23.6 Å². The van der Waals surface area contributed by atoms with Crippen molar-refractivity contribution in [3.8, 4) is 5.75 Å². The average molecular weight is 451 g/mol. The van der Waals surface area contributed by atoms with Crippen LogP contribution in [0, 0.1) is 17.0 Å². The molecule has 0 saturated carbocycles. The van der Waals surface area contributed by atoms with E-state index in [1.54, 1.807) is 12.3 Å². The normalized spacial score (nSPS) is 14.8. The third-order valence-corrected chi connectivity index (χ3v) is 5.59. The summed E-state index contributed by atoms with van der Waals surface area (Å²) in [5.41, 5.74) is 7.60. The molecule has 0 aliphatic carbocycles. The molecule has 0 fully saturated rings. The van der Waals surface area contributed by atoms with Crippen LogP contribution in [-0.4, -0.2) is 35.2 Å². The summed E-state index contributed by atoms with van der Waals surface area (Å²) in [4.78, 5) is 25.0. The summed E-state index contributed by atoms with van der Waals surface area (Å²) in [7, 11) is 0. The Kier molecular flexibility index (Phi) is 6.86. The number of nitrogens with zero attached hydrogens (tertiary/aromatic N) is 3. The Hall–Kier alpha value is -3.68. The van der Waals surface area contributed by atoms with Gasteiger partial charge in [0, 0.05) is 23.4 Å². The van der Waals surface area contributed by atoms with Crippen LogP contribution in [0.15, 0.2) is 47.6 Å². The fraction of sp³-hybridized carbons (Fsp3) is 0.360. The zero-order valence-electron chi connectivity index (χ0n) is 19.9. The van der Waals surface area contributed by atoms with Gasteiger partial charge in [-0.2, -0.15) is 5.10 Å². The van der Waals surface area contributed by atoms with E-state index in [4.69, 9.17) is 4.74 Å². The summed E-state index contributed by atoms with van der Waals surface area (Å²) in [6.45, 7) is 12.5. The van der Waals surface area contributed by atoms with Crippen molar-refractivity contribution < 1.29 is 14.5 Å². The first-order valence-corrected chi connectivity index (χ1v) is 10.8. The number of carbonyl (C=O) groups excluding carboxylic acids is 1. The molecule has 1 amide bonds. The Morgan fingerprint density at radius 3 is 2.64 bits per heavy atom. The molecule has 1 N–H and O–H groups in total. The summed E-state index contributed by atoms with van der Waals surface area (Å²) in [6, 6.07) is 10.5. The predicted octanol–water partition coefficient (Wildman–Crippen LogP) is 4.84. The number of fused-ring (bicyclic) bond motifs is 1. The van der Waals surface area contributed by atoms with Crippen LogP contribution >= 0.6 is 0 Å². The summed E-state index contributed by atoms with van der Waals surface area (Å²) < 4.78 is 5.29. The molecule has 8 nitrogen and oxygen atoms in total. The number of carbonyl (C=O) groups is 1. The minimum atomic E-state index is -0.553. The molecule has 2 aromatic carbocycles. The van der Waals surface area contributed by atoms with Crippen molar-refractivity contribution in [1.29, 1.82) is 0 Å². The minimum Gasteiger partial charge on any atom is -0.477 e. The van der Waals surface area contributed by atoms with E-state index in [9.17, 15) is 14.9 Å². The van der Waals surface area contributed by atoms with Crippen LogP contribution < -0.4 is 15.1 Å². The molecule has 8 heteroatoms. The standard InChI is InChI=1S/C25H30N4O4/c1-16(2)28-22-11-17(3)19(12-20(22)18(4)13-25(28,5)6)14-26-27-24(30)15-33-23-10-8-7-9-21(23)29(31)32/h7-14,16H,15H2,1-6H3,(H,27,30)/b26-14-. The maximum atomic E-state index is 12.1. The van der Waals surface area contributed by atoms with Crippen LogP contribution in [0.1, 0.15) is 51.3 Å². The summed E-state index contributed by atoms with van der Waals surface area (Å²) in [6.07, 6.45) is 3.87. The van der Waals surface area contributed by atoms with Gasteiger partial charge in [-0.3, -0.25) is 14.9 Å². The van der Waals surface area contributed by atoms with Crippen molar-refractivity contribution in [1.82, 2.24) is 5.43 Å². The second-order valence-corrected chi connectivity index (χ2v) is 8.98. The summed E-state index contributed by atoms with van der Waals surface area (Å²) >= 11 is 0. The summed E-state index contributed by atoms with van der Waals surface area (Å²) in [5.74, 6) is -0.476. The molecular formula is C25H30N4O4. The van der Waals surface area contributed by atoms with Crippen molar-refractivity contribution in [3.63, 3.8) is 0 Å². The molecule has 1 aliphatic rings. The fourth-order valence-corrected chi connectivity index (χ4v) is 4.37. The molecule has 0 radical (unpaired) electrons. The highest BCUT2D eigenvalue weighted by atomic mass is 16.6. The lowest BCUT2D eigenvalue weighted by atomic mass is 9.86. The van der Waals surface area contributed by atoms with E-state index in [1.165, 1.54) is 29.5 Å². The quantitative estimate of drug-likeness (QED) is 0.370. The van der Waals surface area contributed by atoms with Crippen LogP contribution in [-0.2, 0) is 4.79 Å². The number of para-hydroxylation sites is 2. The van der Waals surface area contributed by atoms with E-state index < -0.39 is 10.8 Å². The van der Waals surface area contributed by atoms with Gasteiger partial charge in [-0.15, -0.1) is 0 Å². The molecule has 0 aromatic heterocycles. The number of allylic oxidation sites excluding steroid dienone is 1. The van der Waals surface area contributed by atoms with Gasteiger partial charge >= 0.3 is 5.69 Å². The van der Waals surface area contributed by atoms with Crippen LogP contribution in [0.3, 0.4) is 0 Å². The van der Waals surface area contributed by atoms with Crippen LogP contribution in [0.5, 0.6) is 5.75 Å². The monoisotopic (exact) mass is 450 g/mol. The Bertz CT molecular complexity index is 1140. The van der Waals surface area contributed by atoms with Crippen molar-refractivity contribution >= 4 is 29.1 Å². The van der Waals surface area contributed by atoms with Gasteiger partial charge in [0.1, 0.15) is 0 Å². The number of ether oxygens (including phenoxy) is 1. The van der Waals surface area contributed by atoms with Crippen molar-refractivity contribution in [2.45, 2.75) is 53.1 Å². The predicted molar refractivity (Wildman–Crippen MR) is 131 cm³/mol. The largest absolute Gasteiger partial charge is 0.477 e. The molecule has 0 unspecified atom stereocenters. The highest BCUT2D eigenvalue weighted by Gasteiger charge is 2.33. The molecule has 2 aromatic rings. The smallest absolute Gasteiger partial charge is 0.310 e. The lowest BCUT2D eigenvalue weighted by Gasteiger charge is -2.46. The van der Waals surface area contributed by atoms with Gasteiger partial charge in [0.15, 0.2) is 12.4 Å². The molecule has 0 bridgehead atoms. The van der Waals surface area contributed by atoms with Crippen LogP contribution in [0.4, 0.5) is 11.4 Å². The van der Waals surface area contributed by atoms with Gasteiger partial charge in [-0.1, -0.05) is 18.2 Å². The van der Waals surface area contributed by atoms with E-state index >= 15 is 0 Å². The lowest BCUT2D eigenvalue weighted by molar-refractivity contribution is -0.385. The Balaban J connectivity index is 1.72. The third kappa shape index (κ3) is 5.22. The highest BCUT2D eigenvalue weighted by molar-refractivity contribution is 5.90. The van der Waals surface area contributed by atoms with Gasteiger partial charge in [0.05, 0.1) is 16.7 Å². The van der Waals surface area contributed by atoms with Gasteiger partial charge in [-0.25, -0.2) is 5.43 Å². The molecule has 0 saturated heterocycles. The first-order valence-electron chi connectivity index (χ1n) is 10.8. The number of rotatable bonds is 7. The highest BCUT2D eigenvalue weighted by Crippen LogP contribution is 2.41. The van der Waals surface area contributed by atoms with Gasteiger partial charge in [0.2, 0.25) is 0 Å². The van der Waals surface area contributed by atoms with Gasteiger partial charge in [-0.05, 0) is 76.4 Å². The molecule has 1 heterocycles. The number of hydrogen-bond donors (Lipinski definition) is 1. The number of benzene rings is 2. The zero-order chi connectivity index (χ0) is 24.3. The number of anilines is 1. The number of hydrazone groups is 1. The van der Waals surface area contributed by atoms with E-state index in [0.29, 0.717) is 6.04 Å². The molecule has 1 aliphatic heterocycles. The number of nitrogens with one attached hydrogen (secondary N) is 1. The van der Waals surface area contributed by atoms with Gasteiger partial charge in [0.25, 0.3) is 5.91 Å². The number of amides is 1. The molecular weight excluding hydrogens is 420 g/mol. The fourth-order valence-electron chi connectivity index (χ4n) is 4.37. The van der Waals surface area contributed by atoms with E-state index in [1.807, 2.05) is 6.92 Å².